The summed E-state index contributed by atoms with van der Waals surface area (Å²) in [7, 11) is 1.63. The van der Waals surface area contributed by atoms with E-state index in [1.165, 1.54) is 11.9 Å². The molecule has 7 nitrogen and oxygen atoms in total. The maximum absolute atomic E-state index is 12.9. The number of piperazine rings is 1. The van der Waals surface area contributed by atoms with E-state index in [4.69, 9.17) is 0 Å². The van der Waals surface area contributed by atoms with E-state index >= 15 is 0 Å². The summed E-state index contributed by atoms with van der Waals surface area (Å²) < 4.78 is 0. The summed E-state index contributed by atoms with van der Waals surface area (Å²) in [6.07, 6.45) is 3.84. The molecule has 1 fully saturated rings. The lowest BCUT2D eigenvalue weighted by atomic mass is 10.1. The van der Waals surface area contributed by atoms with E-state index < -0.39 is 0 Å². The van der Waals surface area contributed by atoms with Crippen molar-refractivity contribution in [3.63, 3.8) is 0 Å². The average molecular weight is 367 g/mol. The van der Waals surface area contributed by atoms with E-state index in [-0.39, 0.29) is 17.9 Å². The molecule has 0 radical (unpaired) electrons. The third kappa shape index (κ3) is 4.49. The third-order valence-electron chi connectivity index (χ3n) is 5.00. The van der Waals surface area contributed by atoms with Gasteiger partial charge in [0.15, 0.2) is 0 Å². The molecule has 2 aromatic rings. The molecule has 0 saturated carbocycles. The number of rotatable bonds is 5. The molecule has 3 rings (SSSR count). The predicted octanol–water partition coefficient (Wildman–Crippen LogP) is 0.900. The van der Waals surface area contributed by atoms with Crippen molar-refractivity contribution < 1.29 is 9.59 Å². The van der Waals surface area contributed by atoms with Crippen LogP contribution in [-0.2, 0) is 11.2 Å². The molecule has 0 unspecified atom stereocenters. The van der Waals surface area contributed by atoms with Crippen LogP contribution in [0.25, 0.3) is 0 Å². The Kier molecular flexibility index (Phi) is 6.13. The molecule has 1 N–H and O–H groups in total. The van der Waals surface area contributed by atoms with Crippen molar-refractivity contribution in [2.45, 2.75) is 19.4 Å². The summed E-state index contributed by atoms with van der Waals surface area (Å²) in [4.78, 5) is 37.2. The molecule has 2 heterocycles. The van der Waals surface area contributed by atoms with E-state index in [1.807, 2.05) is 18.2 Å². The summed E-state index contributed by atoms with van der Waals surface area (Å²) in [5.41, 5.74) is 2.38. The number of carbonyl (C=O) groups is 2. The van der Waals surface area contributed by atoms with Gasteiger partial charge in [0.1, 0.15) is 12.4 Å². The highest BCUT2D eigenvalue weighted by molar-refractivity contribution is 5.95. The maximum atomic E-state index is 12.9. The largest absolute Gasteiger partial charge is 0.358 e. The van der Waals surface area contributed by atoms with E-state index in [1.54, 1.807) is 25.1 Å². The topological polar surface area (TPSA) is 78.4 Å². The second-order valence-electron chi connectivity index (χ2n) is 6.67. The van der Waals surface area contributed by atoms with Gasteiger partial charge in [-0.25, -0.2) is 9.97 Å². The summed E-state index contributed by atoms with van der Waals surface area (Å²) >= 11 is 0. The number of benzene rings is 1. The molecular weight excluding hydrogens is 342 g/mol. The quantitative estimate of drug-likeness (QED) is 0.850. The number of aromatic nitrogens is 2. The number of carbonyl (C=O) groups excluding carboxylic acids is 2. The fourth-order valence-electron chi connectivity index (χ4n) is 3.38. The summed E-state index contributed by atoms with van der Waals surface area (Å²) in [6, 6.07) is 9.86. The van der Waals surface area contributed by atoms with E-state index in [9.17, 15) is 9.59 Å². The molecule has 1 saturated heterocycles. The Morgan fingerprint density at radius 3 is 2.70 bits per heavy atom. The SMILES string of the molecule is CNC(=O)[C@H]1CN(C(=O)c2cncnc2C)CCN1CCc1ccccc1. The van der Waals surface area contributed by atoms with Crippen molar-refractivity contribution in [1.82, 2.24) is 25.1 Å². The van der Waals surface area contributed by atoms with Crippen LogP contribution in [0.1, 0.15) is 21.6 Å². The molecule has 0 aliphatic carbocycles. The smallest absolute Gasteiger partial charge is 0.257 e. The van der Waals surface area contributed by atoms with Gasteiger partial charge in [0, 0.05) is 39.4 Å². The Morgan fingerprint density at radius 2 is 2.00 bits per heavy atom. The Bertz CT molecular complexity index is 796. The van der Waals surface area contributed by atoms with Crippen LogP contribution in [0.15, 0.2) is 42.9 Å². The first-order valence-corrected chi connectivity index (χ1v) is 9.15. The van der Waals surface area contributed by atoms with Crippen LogP contribution >= 0.6 is 0 Å². The van der Waals surface area contributed by atoms with Gasteiger partial charge in [-0.05, 0) is 18.9 Å². The van der Waals surface area contributed by atoms with E-state index in [0.29, 0.717) is 30.9 Å². The molecule has 1 atom stereocenters. The van der Waals surface area contributed by atoms with Gasteiger partial charge in [-0.2, -0.15) is 0 Å². The first-order valence-electron chi connectivity index (χ1n) is 9.15. The van der Waals surface area contributed by atoms with Crippen LogP contribution in [0.5, 0.6) is 0 Å². The fraction of sp³-hybridized carbons (Fsp3) is 0.400. The van der Waals surface area contributed by atoms with Crippen LogP contribution < -0.4 is 5.32 Å². The van der Waals surface area contributed by atoms with Gasteiger partial charge in [0.2, 0.25) is 5.91 Å². The van der Waals surface area contributed by atoms with Crippen molar-refractivity contribution >= 4 is 11.8 Å². The Labute approximate surface area is 159 Å². The number of likely N-dealkylation sites (N-methyl/N-ethyl adjacent to an activating group) is 1. The summed E-state index contributed by atoms with van der Waals surface area (Å²) in [5, 5.41) is 2.73. The number of amides is 2. The summed E-state index contributed by atoms with van der Waals surface area (Å²) in [5.74, 6) is -0.189. The Balaban J connectivity index is 1.70. The lowest BCUT2D eigenvalue weighted by Crippen LogP contribution is -2.60. The van der Waals surface area contributed by atoms with Crippen molar-refractivity contribution in [2.24, 2.45) is 0 Å². The highest BCUT2D eigenvalue weighted by atomic mass is 16.2. The second-order valence-corrected chi connectivity index (χ2v) is 6.67. The van der Waals surface area contributed by atoms with Crippen LogP contribution in [-0.4, -0.2) is 70.9 Å². The highest BCUT2D eigenvalue weighted by Crippen LogP contribution is 2.15. The standard InChI is InChI=1S/C20H25N5O2/c1-15-17(12-22-14-23-15)20(27)25-11-10-24(18(13-25)19(26)21-2)9-8-16-6-4-3-5-7-16/h3-7,12,14,18H,8-11,13H2,1-2H3,(H,21,26)/t18-/m1/s1. The Hall–Kier alpha value is -2.80. The lowest BCUT2D eigenvalue weighted by molar-refractivity contribution is -0.127. The zero-order chi connectivity index (χ0) is 19.2. The van der Waals surface area contributed by atoms with Crippen molar-refractivity contribution in [3.8, 4) is 0 Å². The number of hydrogen-bond donors (Lipinski definition) is 1. The minimum atomic E-state index is -0.360. The molecule has 2 amide bonds. The van der Waals surface area contributed by atoms with Crippen molar-refractivity contribution in [3.05, 3.63) is 59.7 Å². The van der Waals surface area contributed by atoms with Gasteiger partial charge >= 0.3 is 0 Å². The van der Waals surface area contributed by atoms with Crippen molar-refractivity contribution in [2.75, 3.05) is 33.2 Å². The monoisotopic (exact) mass is 367 g/mol. The zero-order valence-corrected chi connectivity index (χ0v) is 15.8. The normalized spacial score (nSPS) is 17.6. The molecule has 0 bridgehead atoms. The maximum Gasteiger partial charge on any atom is 0.257 e. The number of nitrogens with zero attached hydrogens (tertiary/aromatic N) is 4. The van der Waals surface area contributed by atoms with Crippen LogP contribution in [0, 0.1) is 6.92 Å². The molecule has 1 aliphatic heterocycles. The molecule has 1 aromatic heterocycles. The molecule has 1 aromatic carbocycles. The molecule has 27 heavy (non-hydrogen) atoms. The molecule has 142 valence electrons. The first-order chi connectivity index (χ1) is 13.1. The Morgan fingerprint density at radius 1 is 1.22 bits per heavy atom. The van der Waals surface area contributed by atoms with Crippen LogP contribution in [0.3, 0.4) is 0 Å². The number of hydrogen-bond acceptors (Lipinski definition) is 5. The lowest BCUT2D eigenvalue weighted by Gasteiger charge is -2.40. The highest BCUT2D eigenvalue weighted by Gasteiger charge is 2.34. The second kappa shape index (κ2) is 8.73. The molecule has 1 aliphatic rings. The number of aryl methyl sites for hydroxylation is 1. The number of nitrogens with one attached hydrogen (secondary N) is 1. The predicted molar refractivity (Wildman–Crippen MR) is 102 cm³/mol. The molecule has 7 heteroatoms. The van der Waals surface area contributed by atoms with Gasteiger partial charge in [0.05, 0.1) is 11.3 Å². The minimum absolute atomic E-state index is 0.0680. The van der Waals surface area contributed by atoms with Gasteiger partial charge < -0.3 is 10.2 Å². The third-order valence-corrected chi connectivity index (χ3v) is 5.00. The summed E-state index contributed by atoms with van der Waals surface area (Å²) in [6.45, 7) is 4.17. The van der Waals surface area contributed by atoms with Crippen molar-refractivity contribution in [1.29, 1.82) is 0 Å². The first kappa shape index (κ1) is 19.0. The van der Waals surface area contributed by atoms with E-state index in [2.05, 4.69) is 32.3 Å². The molecular formula is C20H25N5O2. The molecule has 0 spiro atoms. The van der Waals surface area contributed by atoms with Crippen LogP contribution in [0.4, 0.5) is 0 Å². The zero-order valence-electron chi connectivity index (χ0n) is 15.8. The van der Waals surface area contributed by atoms with Gasteiger partial charge in [-0.3, -0.25) is 14.5 Å². The van der Waals surface area contributed by atoms with Gasteiger partial charge in [-0.15, -0.1) is 0 Å². The van der Waals surface area contributed by atoms with E-state index in [0.717, 1.165) is 13.0 Å². The minimum Gasteiger partial charge on any atom is -0.358 e. The average Bonchev–Trinajstić information content (AvgIpc) is 2.72. The fourth-order valence-corrected chi connectivity index (χ4v) is 3.38. The van der Waals surface area contributed by atoms with Gasteiger partial charge in [0.25, 0.3) is 5.91 Å². The van der Waals surface area contributed by atoms with Gasteiger partial charge in [-0.1, -0.05) is 30.3 Å². The van der Waals surface area contributed by atoms with Crippen LogP contribution in [0.2, 0.25) is 0 Å².